The molecule has 0 atom stereocenters. The lowest BCUT2D eigenvalue weighted by Gasteiger charge is -2.11. The number of methoxy groups -OCH3 is 1. The fraction of sp³-hybridized carbons (Fsp3) is 0.0870. The molecule has 0 saturated carbocycles. The van der Waals surface area contributed by atoms with Gasteiger partial charge in [-0.05, 0) is 55.5 Å². The third kappa shape index (κ3) is 3.29. The third-order valence-electron chi connectivity index (χ3n) is 4.87. The Kier molecular flexibility index (Phi) is 4.44. The van der Waals surface area contributed by atoms with Crippen LogP contribution in [0.2, 0.25) is 0 Å². The Morgan fingerprint density at radius 1 is 1.03 bits per heavy atom. The zero-order valence-corrected chi connectivity index (χ0v) is 17.2. The highest BCUT2D eigenvalue weighted by atomic mass is 32.1. The van der Waals surface area contributed by atoms with Crippen LogP contribution in [0.1, 0.15) is 15.4 Å². The number of hydrogen-bond donors (Lipinski definition) is 2. The second kappa shape index (κ2) is 7.27. The van der Waals surface area contributed by atoms with Gasteiger partial charge in [0.2, 0.25) is 0 Å². The van der Waals surface area contributed by atoms with Crippen molar-refractivity contribution in [3.8, 4) is 17.1 Å². The largest absolute Gasteiger partial charge is 0.495 e. The Balaban J connectivity index is 1.49. The number of nitrogens with one attached hydrogen (secondary N) is 2. The number of rotatable bonds is 4. The molecule has 0 aliphatic carbocycles. The summed E-state index contributed by atoms with van der Waals surface area (Å²) in [6, 6.07) is 19.0. The molecule has 1 amide bonds. The number of aromatic nitrogens is 3. The van der Waals surface area contributed by atoms with Crippen molar-refractivity contribution in [3.05, 3.63) is 71.2 Å². The van der Waals surface area contributed by atoms with Gasteiger partial charge in [0, 0.05) is 11.1 Å². The summed E-state index contributed by atoms with van der Waals surface area (Å²) in [5, 5.41) is 3.95. The van der Waals surface area contributed by atoms with Gasteiger partial charge >= 0.3 is 0 Å². The molecule has 0 fully saturated rings. The Hall–Kier alpha value is -3.71. The smallest absolute Gasteiger partial charge is 0.255 e. The van der Waals surface area contributed by atoms with Gasteiger partial charge in [0.1, 0.15) is 11.6 Å². The molecule has 2 heterocycles. The fourth-order valence-corrected chi connectivity index (χ4v) is 4.28. The monoisotopic (exact) mass is 414 g/mol. The van der Waals surface area contributed by atoms with E-state index in [0.717, 1.165) is 37.6 Å². The SMILES string of the molecule is COc1ccc(-c2nc3ccccc3[nH]2)cc1NC(=O)c1ccc2nc(C)sc2c1. The second-order valence-electron chi connectivity index (χ2n) is 6.89. The van der Waals surface area contributed by atoms with Gasteiger partial charge in [-0.2, -0.15) is 0 Å². The van der Waals surface area contributed by atoms with Crippen LogP contribution in [-0.2, 0) is 0 Å². The summed E-state index contributed by atoms with van der Waals surface area (Å²) < 4.78 is 6.44. The van der Waals surface area contributed by atoms with Gasteiger partial charge in [-0.15, -0.1) is 11.3 Å². The summed E-state index contributed by atoms with van der Waals surface area (Å²) in [7, 11) is 1.58. The molecule has 6 nitrogen and oxygen atoms in total. The molecule has 0 spiro atoms. The average Bonchev–Trinajstić information content (AvgIpc) is 3.35. The number of thiazole rings is 1. The number of imidazole rings is 1. The standard InChI is InChI=1S/C23H18N4O2S/c1-13-24-18-9-7-15(12-21(18)30-13)23(28)27-19-11-14(8-10-20(19)29-2)22-25-16-5-3-4-6-17(16)26-22/h3-12H,1-2H3,(H,25,26)(H,27,28). The molecule has 148 valence electrons. The van der Waals surface area contributed by atoms with Gasteiger partial charge in [-0.25, -0.2) is 9.97 Å². The molecule has 30 heavy (non-hydrogen) atoms. The predicted molar refractivity (Wildman–Crippen MR) is 120 cm³/mol. The lowest BCUT2D eigenvalue weighted by molar-refractivity contribution is 0.102. The molecule has 3 aromatic carbocycles. The number of anilines is 1. The molecule has 0 aliphatic rings. The zero-order valence-electron chi connectivity index (χ0n) is 16.4. The van der Waals surface area contributed by atoms with Crippen molar-refractivity contribution in [3.63, 3.8) is 0 Å². The minimum Gasteiger partial charge on any atom is -0.495 e. The minimum absolute atomic E-state index is 0.206. The van der Waals surface area contributed by atoms with Crippen molar-refractivity contribution in [1.29, 1.82) is 0 Å². The number of benzene rings is 3. The van der Waals surface area contributed by atoms with Crippen LogP contribution < -0.4 is 10.1 Å². The van der Waals surface area contributed by atoms with Crippen LogP contribution in [-0.4, -0.2) is 28.0 Å². The third-order valence-corrected chi connectivity index (χ3v) is 5.80. The van der Waals surface area contributed by atoms with Crippen LogP contribution in [0.3, 0.4) is 0 Å². The normalized spacial score (nSPS) is 11.1. The summed E-state index contributed by atoms with van der Waals surface area (Å²) in [5.74, 6) is 1.11. The van der Waals surface area contributed by atoms with Gasteiger partial charge in [-0.1, -0.05) is 12.1 Å². The van der Waals surface area contributed by atoms with E-state index < -0.39 is 0 Å². The topological polar surface area (TPSA) is 79.9 Å². The molecule has 0 radical (unpaired) electrons. The summed E-state index contributed by atoms with van der Waals surface area (Å²) in [4.78, 5) is 25.3. The Morgan fingerprint density at radius 3 is 2.73 bits per heavy atom. The van der Waals surface area contributed by atoms with E-state index in [9.17, 15) is 4.79 Å². The van der Waals surface area contributed by atoms with E-state index in [1.807, 2.05) is 61.5 Å². The second-order valence-corrected chi connectivity index (χ2v) is 8.12. The van der Waals surface area contributed by atoms with E-state index in [1.54, 1.807) is 24.5 Å². The summed E-state index contributed by atoms with van der Waals surface area (Å²) >= 11 is 1.57. The molecule has 0 unspecified atom stereocenters. The number of ether oxygens (including phenoxy) is 1. The molecule has 5 rings (SSSR count). The zero-order chi connectivity index (χ0) is 20.7. The number of H-pyrrole nitrogens is 1. The molecule has 7 heteroatoms. The van der Waals surface area contributed by atoms with E-state index in [1.165, 1.54) is 0 Å². The first-order chi connectivity index (χ1) is 14.6. The molecule has 2 aromatic heterocycles. The maximum atomic E-state index is 12.9. The first-order valence-corrected chi connectivity index (χ1v) is 10.2. The average molecular weight is 414 g/mol. The summed E-state index contributed by atoms with van der Waals surface area (Å²) in [6.45, 7) is 1.96. The molecular formula is C23H18N4O2S. The van der Waals surface area contributed by atoms with Crippen LogP contribution in [0.4, 0.5) is 5.69 Å². The van der Waals surface area contributed by atoms with Crippen LogP contribution in [0.15, 0.2) is 60.7 Å². The highest BCUT2D eigenvalue weighted by Crippen LogP contribution is 2.31. The number of aromatic amines is 1. The van der Waals surface area contributed by atoms with Crippen LogP contribution >= 0.6 is 11.3 Å². The maximum absolute atomic E-state index is 12.9. The van der Waals surface area contributed by atoms with E-state index in [2.05, 4.69) is 20.3 Å². The number of nitrogens with zero attached hydrogens (tertiary/aromatic N) is 2. The lowest BCUT2D eigenvalue weighted by Crippen LogP contribution is -2.12. The van der Waals surface area contributed by atoms with Crippen molar-refractivity contribution >= 4 is 44.2 Å². The van der Waals surface area contributed by atoms with Crippen molar-refractivity contribution in [1.82, 2.24) is 15.0 Å². The van der Waals surface area contributed by atoms with Crippen molar-refractivity contribution in [2.45, 2.75) is 6.92 Å². The Labute approximate surface area is 176 Å². The quantitative estimate of drug-likeness (QED) is 0.412. The number of amides is 1. The van der Waals surface area contributed by atoms with Gasteiger partial charge < -0.3 is 15.0 Å². The first-order valence-electron chi connectivity index (χ1n) is 9.42. The van der Waals surface area contributed by atoms with Crippen molar-refractivity contribution < 1.29 is 9.53 Å². The molecule has 0 saturated heterocycles. The fourth-order valence-electron chi connectivity index (χ4n) is 3.42. The van der Waals surface area contributed by atoms with Crippen LogP contribution in [0, 0.1) is 6.92 Å². The van der Waals surface area contributed by atoms with Gasteiger partial charge in [-0.3, -0.25) is 4.79 Å². The highest BCUT2D eigenvalue weighted by Gasteiger charge is 2.14. The lowest BCUT2D eigenvalue weighted by atomic mass is 10.1. The predicted octanol–water partition coefficient (Wildman–Crippen LogP) is 5.41. The maximum Gasteiger partial charge on any atom is 0.255 e. The number of para-hydroxylation sites is 2. The van der Waals surface area contributed by atoms with Gasteiger partial charge in [0.25, 0.3) is 5.91 Å². The molecule has 0 bridgehead atoms. The van der Waals surface area contributed by atoms with Gasteiger partial charge in [0.05, 0.1) is 39.1 Å². The number of fused-ring (bicyclic) bond motifs is 2. The van der Waals surface area contributed by atoms with Crippen LogP contribution in [0.5, 0.6) is 5.75 Å². The van der Waals surface area contributed by atoms with Crippen molar-refractivity contribution in [2.75, 3.05) is 12.4 Å². The minimum atomic E-state index is -0.206. The Bertz CT molecular complexity index is 1370. The molecule has 0 aliphatic heterocycles. The number of hydrogen-bond acceptors (Lipinski definition) is 5. The number of carbonyl (C=O) groups excluding carboxylic acids is 1. The summed E-state index contributed by atoms with van der Waals surface area (Å²) in [6.07, 6.45) is 0. The summed E-state index contributed by atoms with van der Waals surface area (Å²) in [5.41, 5.74) is 4.77. The number of aryl methyl sites for hydroxylation is 1. The van der Waals surface area contributed by atoms with Crippen LogP contribution in [0.25, 0.3) is 32.6 Å². The first kappa shape index (κ1) is 18.3. The van der Waals surface area contributed by atoms with E-state index in [4.69, 9.17) is 4.74 Å². The number of carbonyl (C=O) groups is 1. The molecular weight excluding hydrogens is 396 g/mol. The van der Waals surface area contributed by atoms with Crippen molar-refractivity contribution in [2.24, 2.45) is 0 Å². The van der Waals surface area contributed by atoms with E-state index in [0.29, 0.717) is 17.0 Å². The molecule has 5 aromatic rings. The van der Waals surface area contributed by atoms with E-state index >= 15 is 0 Å². The highest BCUT2D eigenvalue weighted by molar-refractivity contribution is 7.18. The van der Waals surface area contributed by atoms with Gasteiger partial charge in [0.15, 0.2) is 0 Å². The molecule has 2 N–H and O–H groups in total. The van der Waals surface area contributed by atoms with E-state index in [-0.39, 0.29) is 5.91 Å². The Morgan fingerprint density at radius 2 is 1.90 bits per heavy atom.